The Balaban J connectivity index is 1.86. The number of hydrogen-bond donors (Lipinski definition) is 1. The van der Waals surface area contributed by atoms with Gasteiger partial charge in [-0.2, -0.15) is 13.2 Å². The topological polar surface area (TPSA) is 49.4 Å². The van der Waals surface area contributed by atoms with E-state index in [4.69, 9.17) is 0 Å². The minimum Gasteiger partial charge on any atom is -0.335 e. The number of carbonyl (C=O) groups is 2. The number of hydrogen-bond acceptors (Lipinski definition) is 2. The molecule has 0 atom stereocenters. The summed E-state index contributed by atoms with van der Waals surface area (Å²) in [6.45, 7) is -0.101. The van der Waals surface area contributed by atoms with Crippen LogP contribution in [0.3, 0.4) is 0 Å². The van der Waals surface area contributed by atoms with E-state index in [9.17, 15) is 22.8 Å². The van der Waals surface area contributed by atoms with Gasteiger partial charge in [0.05, 0.1) is 0 Å². The summed E-state index contributed by atoms with van der Waals surface area (Å²) in [5.74, 6) is -2.42. The first-order valence-corrected chi connectivity index (χ1v) is 6.60. The first kappa shape index (κ1) is 15.3. The van der Waals surface area contributed by atoms with Gasteiger partial charge >= 0.3 is 12.1 Å². The van der Waals surface area contributed by atoms with E-state index in [2.05, 4.69) is 5.32 Å². The van der Waals surface area contributed by atoms with Crippen molar-refractivity contribution in [2.24, 2.45) is 5.92 Å². The Morgan fingerprint density at radius 2 is 1.67 bits per heavy atom. The zero-order chi connectivity index (χ0) is 15.5. The summed E-state index contributed by atoms with van der Waals surface area (Å²) in [7, 11) is 0. The van der Waals surface area contributed by atoms with Gasteiger partial charge in [-0.3, -0.25) is 9.59 Å². The van der Waals surface area contributed by atoms with E-state index in [-0.39, 0.29) is 37.8 Å². The zero-order valence-electron chi connectivity index (χ0n) is 11.2. The molecule has 0 saturated carbocycles. The maximum atomic E-state index is 12.3. The molecule has 1 saturated heterocycles. The molecule has 1 heterocycles. The van der Waals surface area contributed by atoms with Gasteiger partial charge in [-0.15, -0.1) is 0 Å². The third-order valence-electron chi connectivity index (χ3n) is 3.44. The second-order valence-corrected chi connectivity index (χ2v) is 4.92. The molecule has 1 aromatic carbocycles. The van der Waals surface area contributed by atoms with Gasteiger partial charge in [0.15, 0.2) is 0 Å². The van der Waals surface area contributed by atoms with Crippen LogP contribution in [-0.4, -0.2) is 36.0 Å². The summed E-state index contributed by atoms with van der Waals surface area (Å²) in [5.41, 5.74) is 0.649. The van der Waals surface area contributed by atoms with E-state index in [0.717, 1.165) is 4.90 Å². The second kappa shape index (κ2) is 6.15. The van der Waals surface area contributed by atoms with Crippen LogP contribution in [0.15, 0.2) is 30.3 Å². The van der Waals surface area contributed by atoms with Crippen LogP contribution in [0.1, 0.15) is 12.8 Å². The van der Waals surface area contributed by atoms with Crippen molar-refractivity contribution in [3.63, 3.8) is 0 Å². The van der Waals surface area contributed by atoms with Crippen molar-refractivity contribution in [1.29, 1.82) is 0 Å². The van der Waals surface area contributed by atoms with Crippen LogP contribution in [0.5, 0.6) is 0 Å². The van der Waals surface area contributed by atoms with Gasteiger partial charge in [0, 0.05) is 24.7 Å². The Morgan fingerprint density at radius 1 is 1.10 bits per heavy atom. The van der Waals surface area contributed by atoms with Crippen LogP contribution in [0.4, 0.5) is 18.9 Å². The SMILES string of the molecule is O=C(Nc1ccccc1)C1CCN(C(=O)C(F)(F)F)CC1. The first-order valence-electron chi connectivity index (χ1n) is 6.60. The van der Waals surface area contributed by atoms with Crippen molar-refractivity contribution < 1.29 is 22.8 Å². The maximum Gasteiger partial charge on any atom is 0.471 e. The summed E-state index contributed by atoms with van der Waals surface area (Å²) < 4.78 is 36.9. The number of alkyl halides is 3. The lowest BCUT2D eigenvalue weighted by atomic mass is 9.95. The fraction of sp³-hybridized carbons (Fsp3) is 0.429. The monoisotopic (exact) mass is 300 g/mol. The van der Waals surface area contributed by atoms with Crippen molar-refractivity contribution in [2.45, 2.75) is 19.0 Å². The highest BCUT2D eigenvalue weighted by atomic mass is 19.4. The number of carbonyl (C=O) groups excluding carboxylic acids is 2. The van der Waals surface area contributed by atoms with Gasteiger partial charge in [-0.1, -0.05) is 18.2 Å². The molecular formula is C14H15F3N2O2. The smallest absolute Gasteiger partial charge is 0.335 e. The fourth-order valence-corrected chi connectivity index (χ4v) is 2.29. The Morgan fingerprint density at radius 3 is 2.19 bits per heavy atom. The number of benzene rings is 1. The predicted molar refractivity (Wildman–Crippen MR) is 70.4 cm³/mol. The molecule has 114 valence electrons. The van der Waals surface area contributed by atoms with Crippen molar-refractivity contribution in [3.05, 3.63) is 30.3 Å². The molecule has 1 aromatic rings. The Labute approximate surface area is 119 Å². The molecule has 21 heavy (non-hydrogen) atoms. The van der Waals surface area contributed by atoms with Crippen molar-refractivity contribution in [3.8, 4) is 0 Å². The molecule has 1 aliphatic heterocycles. The average Bonchev–Trinajstić information content (AvgIpc) is 2.46. The maximum absolute atomic E-state index is 12.3. The molecule has 7 heteroatoms. The van der Waals surface area contributed by atoms with Crippen molar-refractivity contribution in [2.75, 3.05) is 18.4 Å². The van der Waals surface area contributed by atoms with Crippen LogP contribution in [-0.2, 0) is 9.59 Å². The Kier molecular flexibility index (Phi) is 4.50. The standard InChI is InChI=1S/C14H15F3N2O2/c15-14(16,17)13(21)19-8-6-10(7-9-19)12(20)18-11-4-2-1-3-5-11/h1-5,10H,6-9H2,(H,18,20). The minimum absolute atomic E-state index is 0.0504. The highest BCUT2D eigenvalue weighted by Gasteiger charge is 2.43. The highest BCUT2D eigenvalue weighted by Crippen LogP contribution is 2.24. The summed E-state index contributed by atoms with van der Waals surface area (Å²) in [4.78, 5) is 23.8. The summed E-state index contributed by atoms with van der Waals surface area (Å²) in [5, 5.41) is 2.72. The van der Waals surface area contributed by atoms with Crippen molar-refractivity contribution in [1.82, 2.24) is 4.90 Å². The van der Waals surface area contributed by atoms with E-state index in [1.165, 1.54) is 0 Å². The largest absolute Gasteiger partial charge is 0.471 e. The van der Waals surface area contributed by atoms with Crippen LogP contribution < -0.4 is 5.32 Å². The molecule has 2 amide bonds. The number of rotatable bonds is 2. The molecule has 1 fully saturated rings. The second-order valence-electron chi connectivity index (χ2n) is 4.92. The van der Waals surface area contributed by atoms with E-state index < -0.39 is 12.1 Å². The average molecular weight is 300 g/mol. The number of halogens is 3. The molecule has 1 aliphatic rings. The predicted octanol–water partition coefficient (Wildman–Crippen LogP) is 2.43. The zero-order valence-corrected chi connectivity index (χ0v) is 11.2. The molecule has 0 aliphatic carbocycles. The van der Waals surface area contributed by atoms with E-state index in [0.29, 0.717) is 5.69 Å². The lowest BCUT2D eigenvalue weighted by molar-refractivity contribution is -0.186. The van der Waals surface area contributed by atoms with Gasteiger partial charge in [-0.05, 0) is 25.0 Å². The molecule has 2 rings (SSSR count). The highest BCUT2D eigenvalue weighted by molar-refractivity contribution is 5.92. The van der Waals surface area contributed by atoms with Gasteiger partial charge in [0.25, 0.3) is 0 Å². The normalized spacial score (nSPS) is 16.6. The minimum atomic E-state index is -4.85. The molecular weight excluding hydrogens is 285 g/mol. The summed E-state index contributed by atoms with van der Waals surface area (Å²) in [6.07, 6.45) is -4.37. The van der Waals surface area contributed by atoms with Crippen LogP contribution in [0.25, 0.3) is 0 Å². The molecule has 0 radical (unpaired) electrons. The number of piperidine rings is 1. The summed E-state index contributed by atoms with van der Waals surface area (Å²) >= 11 is 0. The third kappa shape index (κ3) is 3.96. The van der Waals surface area contributed by atoms with Gasteiger partial charge in [-0.25, -0.2) is 0 Å². The van der Waals surface area contributed by atoms with Crippen LogP contribution >= 0.6 is 0 Å². The first-order chi connectivity index (χ1) is 9.88. The molecule has 0 unspecified atom stereocenters. The quantitative estimate of drug-likeness (QED) is 0.912. The number of nitrogens with one attached hydrogen (secondary N) is 1. The van der Waals surface area contributed by atoms with E-state index in [1.807, 2.05) is 6.07 Å². The van der Waals surface area contributed by atoms with Crippen molar-refractivity contribution >= 4 is 17.5 Å². The Bertz CT molecular complexity index is 509. The Hall–Kier alpha value is -2.05. The number of anilines is 1. The van der Waals surface area contributed by atoms with Gasteiger partial charge in [0.1, 0.15) is 0 Å². The number of nitrogens with zero attached hydrogens (tertiary/aromatic N) is 1. The number of para-hydroxylation sites is 1. The fourth-order valence-electron chi connectivity index (χ4n) is 2.29. The van der Waals surface area contributed by atoms with Crippen LogP contribution in [0, 0.1) is 5.92 Å². The molecule has 0 bridgehead atoms. The number of amides is 2. The lowest BCUT2D eigenvalue weighted by Crippen LogP contribution is -2.46. The van der Waals surface area contributed by atoms with Gasteiger partial charge < -0.3 is 10.2 Å². The third-order valence-corrected chi connectivity index (χ3v) is 3.44. The molecule has 1 N–H and O–H groups in total. The molecule has 0 spiro atoms. The van der Waals surface area contributed by atoms with Gasteiger partial charge in [0.2, 0.25) is 5.91 Å². The summed E-state index contributed by atoms with van der Waals surface area (Å²) in [6, 6.07) is 8.84. The molecule has 0 aromatic heterocycles. The molecule has 4 nitrogen and oxygen atoms in total. The lowest BCUT2D eigenvalue weighted by Gasteiger charge is -2.31. The van der Waals surface area contributed by atoms with E-state index >= 15 is 0 Å². The van der Waals surface area contributed by atoms with Crippen LogP contribution in [0.2, 0.25) is 0 Å². The van der Waals surface area contributed by atoms with E-state index in [1.54, 1.807) is 24.3 Å². The number of likely N-dealkylation sites (tertiary alicyclic amines) is 1.